The van der Waals surface area contributed by atoms with E-state index in [1.54, 1.807) is 12.1 Å². The molecule has 1 aromatic rings. The SMILES string of the molecule is Cc1ccc(S(=O)(=O)/N=C(\C[Si](C(C)C)(C(C)C)C(C)C)N2CCN(C)CC2)cc1. The molecule has 170 valence electrons. The van der Waals surface area contributed by atoms with Gasteiger partial charge in [-0.05, 0) is 26.1 Å². The number of hydrogen-bond donors (Lipinski definition) is 0. The highest BCUT2D eigenvalue weighted by Crippen LogP contribution is 2.45. The molecule has 0 unspecified atom stereocenters. The zero-order chi connectivity index (χ0) is 22.7. The fourth-order valence-corrected chi connectivity index (χ4v) is 12.3. The number of sulfonamides is 1. The summed E-state index contributed by atoms with van der Waals surface area (Å²) in [5.74, 6) is 0.784. The first kappa shape index (κ1) is 25.1. The first-order valence-corrected chi connectivity index (χ1v) is 15.1. The monoisotopic (exact) mass is 451 g/mol. The Kier molecular flexibility index (Phi) is 8.33. The van der Waals surface area contributed by atoms with Crippen LogP contribution >= 0.6 is 0 Å². The van der Waals surface area contributed by atoms with E-state index >= 15 is 0 Å². The average Bonchev–Trinajstić information content (AvgIpc) is 2.65. The normalized spacial score (nSPS) is 17.4. The van der Waals surface area contributed by atoms with Gasteiger partial charge in [0.15, 0.2) is 0 Å². The minimum atomic E-state index is -3.73. The lowest BCUT2D eigenvalue weighted by molar-refractivity contribution is 0.215. The molecule has 0 aromatic heterocycles. The Labute approximate surface area is 185 Å². The van der Waals surface area contributed by atoms with Gasteiger partial charge in [-0.2, -0.15) is 8.42 Å². The largest absolute Gasteiger partial charge is 0.357 e. The molecule has 0 saturated carbocycles. The maximum absolute atomic E-state index is 13.2. The van der Waals surface area contributed by atoms with Crippen LogP contribution < -0.4 is 0 Å². The molecule has 2 rings (SSSR count). The Balaban J connectivity index is 2.54. The molecule has 30 heavy (non-hydrogen) atoms. The van der Waals surface area contributed by atoms with Crippen molar-refractivity contribution in [3.63, 3.8) is 0 Å². The predicted octanol–water partition coefficient (Wildman–Crippen LogP) is 5.01. The van der Waals surface area contributed by atoms with E-state index in [1.165, 1.54) is 0 Å². The summed E-state index contributed by atoms with van der Waals surface area (Å²) in [4.78, 5) is 4.81. The third kappa shape index (κ3) is 5.54. The highest BCUT2D eigenvalue weighted by molar-refractivity contribution is 7.90. The van der Waals surface area contributed by atoms with Crippen LogP contribution in [0.25, 0.3) is 0 Å². The topological polar surface area (TPSA) is 53.0 Å². The van der Waals surface area contributed by atoms with Gasteiger partial charge in [-0.25, -0.2) is 0 Å². The van der Waals surface area contributed by atoms with Crippen molar-refractivity contribution < 1.29 is 8.42 Å². The van der Waals surface area contributed by atoms with Gasteiger partial charge in [0, 0.05) is 32.2 Å². The van der Waals surface area contributed by atoms with Crippen LogP contribution in [-0.2, 0) is 10.0 Å². The van der Waals surface area contributed by atoms with Gasteiger partial charge in [-0.3, -0.25) is 0 Å². The molecule has 1 fully saturated rings. The molecule has 1 aliphatic heterocycles. The van der Waals surface area contributed by atoms with Gasteiger partial charge in [-0.15, -0.1) is 4.40 Å². The second kappa shape index (κ2) is 9.96. The number of amidine groups is 1. The molecule has 0 aliphatic carbocycles. The van der Waals surface area contributed by atoms with Crippen molar-refractivity contribution in [2.75, 3.05) is 33.2 Å². The summed E-state index contributed by atoms with van der Waals surface area (Å²) in [6.07, 6.45) is 0. The highest BCUT2D eigenvalue weighted by atomic mass is 32.2. The van der Waals surface area contributed by atoms with Crippen LogP contribution in [0.15, 0.2) is 33.6 Å². The molecule has 5 nitrogen and oxygen atoms in total. The molecule has 0 bridgehead atoms. The molecule has 0 atom stereocenters. The first-order chi connectivity index (χ1) is 13.9. The van der Waals surface area contributed by atoms with E-state index in [2.05, 4.69) is 62.8 Å². The van der Waals surface area contributed by atoms with Gasteiger partial charge >= 0.3 is 0 Å². The van der Waals surface area contributed by atoms with Crippen LogP contribution in [0.4, 0.5) is 0 Å². The Morgan fingerprint density at radius 1 is 0.933 bits per heavy atom. The predicted molar refractivity (Wildman–Crippen MR) is 131 cm³/mol. The summed E-state index contributed by atoms with van der Waals surface area (Å²) in [7, 11) is -3.47. The molecule has 1 saturated heterocycles. The van der Waals surface area contributed by atoms with Gasteiger partial charge in [0.25, 0.3) is 10.0 Å². The van der Waals surface area contributed by atoms with Gasteiger partial charge in [-0.1, -0.05) is 75.9 Å². The fraction of sp³-hybridized carbons (Fsp3) is 0.696. The van der Waals surface area contributed by atoms with E-state index in [0.717, 1.165) is 43.6 Å². The number of likely N-dealkylation sites (N-methyl/N-ethyl adjacent to an activating group) is 1. The van der Waals surface area contributed by atoms with E-state index in [9.17, 15) is 8.42 Å². The third-order valence-electron chi connectivity index (χ3n) is 7.10. The van der Waals surface area contributed by atoms with Crippen LogP contribution in [-0.4, -0.2) is 65.4 Å². The zero-order valence-electron chi connectivity index (χ0n) is 20.1. The first-order valence-electron chi connectivity index (χ1n) is 11.2. The summed E-state index contributed by atoms with van der Waals surface area (Å²) in [6, 6.07) is 7.84. The van der Waals surface area contributed by atoms with Gasteiger partial charge < -0.3 is 9.80 Å². The smallest absolute Gasteiger partial charge is 0.283 e. The van der Waals surface area contributed by atoms with Crippen LogP contribution in [0.3, 0.4) is 0 Å². The molecule has 1 aromatic carbocycles. The molecule has 0 N–H and O–H groups in total. The number of piperazine rings is 1. The summed E-state index contributed by atoms with van der Waals surface area (Å²) in [5, 5.41) is 0. The molecule has 0 radical (unpaired) electrons. The number of rotatable bonds is 7. The van der Waals surface area contributed by atoms with Crippen molar-refractivity contribution in [1.29, 1.82) is 0 Å². The van der Waals surface area contributed by atoms with Crippen molar-refractivity contribution >= 4 is 23.9 Å². The van der Waals surface area contributed by atoms with Crippen molar-refractivity contribution in [3.05, 3.63) is 29.8 Å². The minimum absolute atomic E-state index is 0.283. The summed E-state index contributed by atoms with van der Waals surface area (Å²) in [6.45, 7) is 19.4. The number of nitrogens with zero attached hydrogens (tertiary/aromatic N) is 3. The van der Waals surface area contributed by atoms with Crippen molar-refractivity contribution in [3.8, 4) is 0 Å². The van der Waals surface area contributed by atoms with E-state index in [0.29, 0.717) is 16.6 Å². The molecule has 1 aliphatic rings. The number of benzene rings is 1. The van der Waals surface area contributed by atoms with Gasteiger partial charge in [0.2, 0.25) is 0 Å². The lowest BCUT2D eigenvalue weighted by Gasteiger charge is -2.45. The number of aryl methyl sites for hydroxylation is 1. The van der Waals surface area contributed by atoms with Crippen LogP contribution in [0.1, 0.15) is 47.1 Å². The molecule has 0 amide bonds. The average molecular weight is 452 g/mol. The second-order valence-electron chi connectivity index (χ2n) is 9.84. The third-order valence-corrected chi connectivity index (χ3v) is 15.8. The lowest BCUT2D eigenvalue weighted by atomic mass is 10.2. The Morgan fingerprint density at radius 3 is 1.83 bits per heavy atom. The fourth-order valence-electron chi connectivity index (χ4n) is 5.05. The Hall–Kier alpha value is -1.18. The second-order valence-corrected chi connectivity index (χ2v) is 17.5. The van der Waals surface area contributed by atoms with Crippen LogP contribution in [0.2, 0.25) is 22.7 Å². The number of hydrogen-bond acceptors (Lipinski definition) is 3. The molecular weight excluding hydrogens is 410 g/mol. The maximum atomic E-state index is 13.2. The maximum Gasteiger partial charge on any atom is 0.283 e. The van der Waals surface area contributed by atoms with Crippen molar-refractivity contribution in [2.45, 2.75) is 76.0 Å². The minimum Gasteiger partial charge on any atom is -0.357 e. The van der Waals surface area contributed by atoms with Crippen molar-refractivity contribution in [2.24, 2.45) is 4.40 Å². The van der Waals surface area contributed by atoms with E-state index in [-0.39, 0.29) is 4.90 Å². The lowest BCUT2D eigenvalue weighted by Crippen LogP contribution is -2.52. The Morgan fingerprint density at radius 2 is 1.40 bits per heavy atom. The molecule has 1 heterocycles. The quantitative estimate of drug-likeness (QED) is 0.332. The summed E-state index contributed by atoms with van der Waals surface area (Å²) in [5.41, 5.74) is 2.70. The van der Waals surface area contributed by atoms with E-state index in [4.69, 9.17) is 0 Å². The summed E-state index contributed by atoms with van der Waals surface area (Å²) >= 11 is 0. The van der Waals surface area contributed by atoms with E-state index < -0.39 is 18.1 Å². The summed E-state index contributed by atoms with van der Waals surface area (Å²) < 4.78 is 31.0. The Bertz CT molecular complexity index is 803. The highest BCUT2D eigenvalue weighted by Gasteiger charge is 2.44. The van der Waals surface area contributed by atoms with E-state index in [1.807, 2.05) is 19.1 Å². The zero-order valence-corrected chi connectivity index (χ0v) is 22.0. The standard InChI is InChI=1S/C23H41N3O2SSi/c1-18(2)30(19(3)4,20(5)6)17-23(26-15-13-25(8)14-16-26)24-29(27,28)22-11-9-21(7)10-12-22/h9-12,18-20H,13-17H2,1-8H3/b24-23+. The molecule has 7 heteroatoms. The van der Waals surface area contributed by atoms with Gasteiger partial charge in [0.05, 0.1) is 13.0 Å². The van der Waals surface area contributed by atoms with Crippen molar-refractivity contribution in [1.82, 2.24) is 9.80 Å². The molecule has 0 spiro atoms. The van der Waals surface area contributed by atoms with Crippen LogP contribution in [0.5, 0.6) is 0 Å². The van der Waals surface area contributed by atoms with Crippen LogP contribution in [0, 0.1) is 6.92 Å². The molecular formula is C23H41N3O2SSi. The van der Waals surface area contributed by atoms with Gasteiger partial charge in [0.1, 0.15) is 5.84 Å².